The largest absolute Gasteiger partial charge is 0.379 e. The Morgan fingerprint density at radius 3 is 2.43 bits per heavy atom. The molecule has 0 aliphatic carbocycles. The second kappa shape index (κ2) is 7.54. The van der Waals surface area contributed by atoms with Gasteiger partial charge in [-0.15, -0.1) is 0 Å². The van der Waals surface area contributed by atoms with Crippen LogP contribution in [0.5, 0.6) is 0 Å². The summed E-state index contributed by atoms with van der Waals surface area (Å²) in [5, 5.41) is 0. The normalized spacial score (nSPS) is 20.6. The van der Waals surface area contributed by atoms with Crippen molar-refractivity contribution in [2.75, 3.05) is 57.5 Å². The molecular formula is C14H22N4O4S. The molecule has 1 aromatic rings. The van der Waals surface area contributed by atoms with Crippen LogP contribution in [0, 0.1) is 0 Å². The molecular weight excluding hydrogens is 320 g/mol. The standard InChI is InChI=1S/C14H22N4O4S/c19-23(20,18-6-10-22-11-7-18)16-12-13-2-1-3-15-14(13)17-4-8-21-9-5-17/h1-3,16H,4-12H2. The smallest absolute Gasteiger partial charge is 0.279 e. The molecule has 2 aliphatic rings. The average molecular weight is 342 g/mol. The second-order valence-corrected chi connectivity index (χ2v) is 7.18. The molecule has 9 heteroatoms. The van der Waals surface area contributed by atoms with Crippen molar-refractivity contribution >= 4 is 16.0 Å². The third kappa shape index (κ3) is 4.18. The van der Waals surface area contributed by atoms with Gasteiger partial charge in [-0.1, -0.05) is 6.07 Å². The summed E-state index contributed by atoms with van der Waals surface area (Å²) >= 11 is 0. The zero-order valence-corrected chi connectivity index (χ0v) is 13.8. The number of hydrogen-bond donors (Lipinski definition) is 1. The highest BCUT2D eigenvalue weighted by Gasteiger charge is 2.24. The quantitative estimate of drug-likeness (QED) is 0.783. The first kappa shape index (κ1) is 16.6. The van der Waals surface area contributed by atoms with E-state index in [1.54, 1.807) is 6.20 Å². The third-order valence-electron chi connectivity index (χ3n) is 3.93. The molecule has 2 fully saturated rings. The van der Waals surface area contributed by atoms with E-state index in [0.717, 1.165) is 24.5 Å². The SMILES string of the molecule is O=S(=O)(NCc1cccnc1N1CCOCC1)N1CCOCC1. The number of hydrogen-bond acceptors (Lipinski definition) is 6. The number of nitrogens with zero attached hydrogens (tertiary/aromatic N) is 3. The highest BCUT2D eigenvalue weighted by molar-refractivity contribution is 7.87. The Morgan fingerprint density at radius 1 is 1.09 bits per heavy atom. The Bertz CT molecular complexity index is 613. The van der Waals surface area contributed by atoms with Crippen LogP contribution in [-0.4, -0.2) is 70.3 Å². The maximum Gasteiger partial charge on any atom is 0.279 e. The van der Waals surface area contributed by atoms with E-state index in [0.29, 0.717) is 39.5 Å². The Hall–Kier alpha value is -1.26. The van der Waals surface area contributed by atoms with Gasteiger partial charge < -0.3 is 14.4 Å². The fourth-order valence-corrected chi connectivity index (χ4v) is 3.83. The van der Waals surface area contributed by atoms with Crippen LogP contribution >= 0.6 is 0 Å². The van der Waals surface area contributed by atoms with Gasteiger partial charge >= 0.3 is 0 Å². The molecule has 128 valence electrons. The molecule has 0 bridgehead atoms. The number of anilines is 1. The summed E-state index contributed by atoms with van der Waals surface area (Å²) in [6.45, 7) is 4.72. The van der Waals surface area contributed by atoms with Crippen LogP contribution in [0.3, 0.4) is 0 Å². The van der Waals surface area contributed by atoms with Gasteiger partial charge in [0.25, 0.3) is 10.2 Å². The van der Waals surface area contributed by atoms with Gasteiger partial charge in [-0.25, -0.2) is 4.98 Å². The topological polar surface area (TPSA) is 84.0 Å². The Morgan fingerprint density at radius 2 is 1.74 bits per heavy atom. The minimum Gasteiger partial charge on any atom is -0.379 e. The molecule has 3 rings (SSSR count). The van der Waals surface area contributed by atoms with Crippen LogP contribution in [0.2, 0.25) is 0 Å². The minimum absolute atomic E-state index is 0.222. The highest BCUT2D eigenvalue weighted by Crippen LogP contribution is 2.18. The third-order valence-corrected chi connectivity index (χ3v) is 5.49. The van der Waals surface area contributed by atoms with E-state index in [1.165, 1.54) is 4.31 Å². The van der Waals surface area contributed by atoms with Crippen molar-refractivity contribution in [1.29, 1.82) is 0 Å². The van der Waals surface area contributed by atoms with Crippen LogP contribution < -0.4 is 9.62 Å². The molecule has 0 saturated carbocycles. The van der Waals surface area contributed by atoms with Crippen LogP contribution in [0.4, 0.5) is 5.82 Å². The summed E-state index contributed by atoms with van der Waals surface area (Å²) in [5.74, 6) is 0.820. The van der Waals surface area contributed by atoms with Crippen LogP contribution in [-0.2, 0) is 26.2 Å². The van der Waals surface area contributed by atoms with Crippen molar-refractivity contribution in [3.8, 4) is 0 Å². The number of nitrogens with one attached hydrogen (secondary N) is 1. The maximum absolute atomic E-state index is 12.4. The fraction of sp³-hybridized carbons (Fsp3) is 0.643. The first-order valence-corrected chi connectivity index (χ1v) is 9.20. The van der Waals surface area contributed by atoms with E-state index < -0.39 is 10.2 Å². The molecule has 1 N–H and O–H groups in total. The van der Waals surface area contributed by atoms with Crippen LogP contribution in [0.15, 0.2) is 18.3 Å². The van der Waals surface area contributed by atoms with Crippen molar-refractivity contribution in [1.82, 2.24) is 14.0 Å². The summed E-state index contributed by atoms with van der Waals surface area (Å²) < 4.78 is 39.3. The van der Waals surface area contributed by atoms with E-state index in [1.807, 2.05) is 12.1 Å². The zero-order chi connectivity index (χ0) is 16.1. The van der Waals surface area contributed by atoms with Crippen LogP contribution in [0.25, 0.3) is 0 Å². The maximum atomic E-state index is 12.4. The first-order chi connectivity index (χ1) is 11.2. The van der Waals surface area contributed by atoms with Crippen LogP contribution in [0.1, 0.15) is 5.56 Å². The van der Waals surface area contributed by atoms with E-state index >= 15 is 0 Å². The first-order valence-electron chi connectivity index (χ1n) is 7.76. The molecule has 0 atom stereocenters. The fourth-order valence-electron chi connectivity index (χ4n) is 2.68. The van der Waals surface area contributed by atoms with Gasteiger partial charge in [-0.05, 0) is 6.07 Å². The predicted octanol–water partition coefficient (Wildman–Crippen LogP) is -0.415. The molecule has 0 aromatic carbocycles. The Labute approximate surface area is 136 Å². The Kier molecular flexibility index (Phi) is 5.44. The molecule has 0 unspecified atom stereocenters. The van der Waals surface area contributed by atoms with E-state index in [9.17, 15) is 8.42 Å². The molecule has 3 heterocycles. The van der Waals surface area contributed by atoms with E-state index in [-0.39, 0.29) is 6.54 Å². The molecule has 2 aliphatic heterocycles. The highest BCUT2D eigenvalue weighted by atomic mass is 32.2. The van der Waals surface area contributed by atoms with Gasteiger partial charge in [0.1, 0.15) is 5.82 Å². The second-order valence-electron chi connectivity index (χ2n) is 5.42. The predicted molar refractivity (Wildman–Crippen MR) is 85.4 cm³/mol. The summed E-state index contributed by atoms with van der Waals surface area (Å²) in [6.07, 6.45) is 1.73. The van der Waals surface area contributed by atoms with Crippen molar-refractivity contribution in [3.63, 3.8) is 0 Å². The number of morpholine rings is 2. The molecule has 1 aromatic heterocycles. The summed E-state index contributed by atoms with van der Waals surface area (Å²) in [7, 11) is -3.50. The molecule has 23 heavy (non-hydrogen) atoms. The van der Waals surface area contributed by atoms with Gasteiger partial charge in [0, 0.05) is 44.5 Å². The van der Waals surface area contributed by atoms with Crippen molar-refractivity contribution in [2.45, 2.75) is 6.54 Å². The lowest BCUT2D eigenvalue weighted by atomic mass is 10.2. The molecule has 2 saturated heterocycles. The lowest BCUT2D eigenvalue weighted by molar-refractivity contribution is 0.0725. The lowest BCUT2D eigenvalue weighted by Gasteiger charge is -2.30. The average Bonchev–Trinajstić information content (AvgIpc) is 2.62. The van der Waals surface area contributed by atoms with Gasteiger partial charge in [-0.2, -0.15) is 17.4 Å². The van der Waals surface area contributed by atoms with Gasteiger partial charge in [-0.3, -0.25) is 0 Å². The lowest BCUT2D eigenvalue weighted by Crippen LogP contribution is -2.46. The summed E-state index contributed by atoms with van der Waals surface area (Å²) in [4.78, 5) is 6.54. The van der Waals surface area contributed by atoms with E-state index in [4.69, 9.17) is 9.47 Å². The summed E-state index contributed by atoms with van der Waals surface area (Å²) in [6, 6.07) is 3.72. The van der Waals surface area contributed by atoms with Crippen molar-refractivity contribution < 1.29 is 17.9 Å². The molecule has 0 amide bonds. The Balaban J connectivity index is 1.68. The van der Waals surface area contributed by atoms with Gasteiger partial charge in [0.05, 0.1) is 26.4 Å². The number of aromatic nitrogens is 1. The molecule has 0 spiro atoms. The zero-order valence-electron chi connectivity index (χ0n) is 13.0. The number of pyridine rings is 1. The van der Waals surface area contributed by atoms with Gasteiger partial charge in [0.2, 0.25) is 0 Å². The van der Waals surface area contributed by atoms with Crippen molar-refractivity contribution in [2.24, 2.45) is 0 Å². The number of rotatable bonds is 5. The van der Waals surface area contributed by atoms with E-state index in [2.05, 4.69) is 14.6 Å². The van der Waals surface area contributed by atoms with Gasteiger partial charge in [0.15, 0.2) is 0 Å². The van der Waals surface area contributed by atoms with Crippen molar-refractivity contribution in [3.05, 3.63) is 23.9 Å². The summed E-state index contributed by atoms with van der Waals surface area (Å²) in [5.41, 5.74) is 0.867. The molecule has 8 nitrogen and oxygen atoms in total. The minimum atomic E-state index is -3.50. The monoisotopic (exact) mass is 342 g/mol. The molecule has 0 radical (unpaired) electrons. The number of ether oxygens (including phenoxy) is 2.